The molecule has 0 bridgehead atoms. The summed E-state index contributed by atoms with van der Waals surface area (Å²) in [6, 6.07) is -0.380. The van der Waals surface area contributed by atoms with Crippen molar-refractivity contribution >= 4 is 22.6 Å². The van der Waals surface area contributed by atoms with Gasteiger partial charge in [-0.1, -0.05) is 17.7 Å². The van der Waals surface area contributed by atoms with Crippen LogP contribution < -0.4 is 0 Å². The number of hydrogen-bond acceptors (Lipinski definition) is 4. The largest absolute Gasteiger partial charge is 0.418 e. The smallest absolute Gasteiger partial charge is 0.344 e. The molecule has 4 atom stereocenters. The molecule has 4 rings (SSSR count). The van der Waals surface area contributed by atoms with E-state index in [0.717, 1.165) is 12.5 Å². The molecule has 0 amide bonds. The van der Waals surface area contributed by atoms with E-state index < -0.39 is 23.6 Å². The second-order valence-corrected chi connectivity index (χ2v) is 7.44. The van der Waals surface area contributed by atoms with Gasteiger partial charge in [0.2, 0.25) is 0 Å². The highest BCUT2D eigenvalue weighted by Crippen LogP contribution is 2.49. The summed E-state index contributed by atoms with van der Waals surface area (Å²) in [5.41, 5.74) is -0.714. The van der Waals surface area contributed by atoms with E-state index in [2.05, 4.69) is 16.5 Å². The normalized spacial score (nSPS) is 30.7. The summed E-state index contributed by atoms with van der Waals surface area (Å²) < 4.78 is 54.0. The molecule has 26 heavy (non-hydrogen) atoms. The van der Waals surface area contributed by atoms with Gasteiger partial charge in [-0.15, -0.1) is 6.58 Å². The third-order valence-corrected chi connectivity index (χ3v) is 5.29. The molecule has 0 radical (unpaired) electrons. The number of ether oxygens (including phenoxy) is 2. The zero-order valence-electron chi connectivity index (χ0n) is 14.1. The second kappa shape index (κ2) is 5.68. The number of nitrogens with zero attached hydrogens (tertiary/aromatic N) is 3. The Hall–Kier alpha value is -1.64. The monoisotopic (exact) mass is 387 g/mol. The fourth-order valence-electron chi connectivity index (χ4n) is 4.01. The van der Waals surface area contributed by atoms with Crippen molar-refractivity contribution in [3.63, 3.8) is 0 Å². The molecular formula is C17H17ClF3N3O2. The first kappa shape index (κ1) is 17.8. The maximum Gasteiger partial charge on any atom is 0.418 e. The summed E-state index contributed by atoms with van der Waals surface area (Å²) in [7, 11) is 0. The van der Waals surface area contributed by atoms with Crippen LogP contribution in [0.15, 0.2) is 25.2 Å². The Bertz CT molecular complexity index is 880. The van der Waals surface area contributed by atoms with E-state index in [1.54, 1.807) is 19.9 Å². The van der Waals surface area contributed by atoms with Gasteiger partial charge < -0.3 is 14.0 Å². The van der Waals surface area contributed by atoms with E-state index in [1.807, 2.05) is 0 Å². The maximum atomic E-state index is 13.5. The van der Waals surface area contributed by atoms with Crippen LogP contribution in [0, 0.1) is 5.92 Å². The Morgan fingerprint density at radius 2 is 2.00 bits per heavy atom. The van der Waals surface area contributed by atoms with Gasteiger partial charge >= 0.3 is 6.18 Å². The Morgan fingerprint density at radius 1 is 1.31 bits per heavy atom. The molecule has 0 spiro atoms. The van der Waals surface area contributed by atoms with Crippen molar-refractivity contribution < 1.29 is 22.6 Å². The van der Waals surface area contributed by atoms with E-state index in [-0.39, 0.29) is 34.3 Å². The molecule has 140 valence electrons. The molecule has 2 aliphatic rings. The summed E-state index contributed by atoms with van der Waals surface area (Å²) in [6.07, 6.45) is -0.727. The Kier molecular flexibility index (Phi) is 3.88. The van der Waals surface area contributed by atoms with Crippen molar-refractivity contribution in [2.24, 2.45) is 5.92 Å². The molecule has 1 aliphatic heterocycles. The highest BCUT2D eigenvalue weighted by Gasteiger charge is 2.54. The number of halogens is 4. The molecule has 0 unspecified atom stereocenters. The highest BCUT2D eigenvalue weighted by atomic mass is 35.5. The molecule has 2 fully saturated rings. The fourth-order valence-corrected chi connectivity index (χ4v) is 4.24. The average molecular weight is 388 g/mol. The van der Waals surface area contributed by atoms with Gasteiger partial charge in [0.15, 0.2) is 5.79 Å². The van der Waals surface area contributed by atoms with Gasteiger partial charge in [-0.25, -0.2) is 9.97 Å². The molecule has 2 aromatic heterocycles. The first-order valence-corrected chi connectivity index (χ1v) is 8.56. The number of alkyl halides is 3. The fraction of sp³-hybridized carbons (Fsp3) is 0.529. The van der Waals surface area contributed by atoms with Crippen LogP contribution in [0.2, 0.25) is 5.15 Å². The van der Waals surface area contributed by atoms with Crippen LogP contribution in [-0.4, -0.2) is 32.5 Å². The van der Waals surface area contributed by atoms with E-state index in [1.165, 1.54) is 4.57 Å². The number of hydrogen-bond donors (Lipinski definition) is 0. The van der Waals surface area contributed by atoms with E-state index >= 15 is 0 Å². The minimum atomic E-state index is -4.57. The lowest BCUT2D eigenvalue weighted by Crippen LogP contribution is -2.27. The molecule has 0 N–H and O–H groups in total. The van der Waals surface area contributed by atoms with Crippen LogP contribution in [-0.2, 0) is 15.7 Å². The van der Waals surface area contributed by atoms with Gasteiger partial charge in [0.1, 0.15) is 23.2 Å². The van der Waals surface area contributed by atoms with Crippen LogP contribution >= 0.6 is 11.6 Å². The van der Waals surface area contributed by atoms with Crippen LogP contribution in [0.3, 0.4) is 0 Å². The predicted octanol–water partition coefficient (Wildman–Crippen LogP) is 4.37. The third-order valence-electron chi connectivity index (χ3n) is 5.01. The van der Waals surface area contributed by atoms with Gasteiger partial charge in [-0.2, -0.15) is 13.2 Å². The average Bonchev–Trinajstić information content (AvgIpc) is 3.15. The lowest BCUT2D eigenvalue weighted by Gasteiger charge is -2.24. The van der Waals surface area contributed by atoms with E-state index in [4.69, 9.17) is 21.1 Å². The molecule has 2 aromatic rings. The van der Waals surface area contributed by atoms with E-state index in [9.17, 15) is 13.2 Å². The van der Waals surface area contributed by atoms with Crippen molar-refractivity contribution in [1.82, 2.24) is 14.5 Å². The zero-order valence-corrected chi connectivity index (χ0v) is 14.9. The minimum Gasteiger partial charge on any atom is -0.344 e. The van der Waals surface area contributed by atoms with Crippen molar-refractivity contribution in [3.8, 4) is 0 Å². The number of rotatable bonds is 2. The zero-order chi connectivity index (χ0) is 18.9. The lowest BCUT2D eigenvalue weighted by atomic mass is 10.1. The standard InChI is InChI=1S/C17H17ClF3N3O2/c1-4-8-5-10(13-12(8)25-16(2,3)26-13)24-6-9(17(19,20)21)11-14(18)22-7-23-15(11)24/h4,6-8,10,12-13H,1,5H2,2-3H3/t8-,10+,12+,13-/m0/s1. The topological polar surface area (TPSA) is 49.2 Å². The summed E-state index contributed by atoms with van der Waals surface area (Å²) in [6.45, 7) is 7.40. The number of aromatic nitrogens is 3. The highest BCUT2D eigenvalue weighted by molar-refractivity contribution is 6.34. The van der Waals surface area contributed by atoms with Crippen LogP contribution in [0.5, 0.6) is 0 Å². The lowest BCUT2D eigenvalue weighted by molar-refractivity contribution is -0.158. The Balaban J connectivity index is 1.87. The molecular weight excluding hydrogens is 371 g/mol. The molecule has 0 aromatic carbocycles. The van der Waals surface area contributed by atoms with Crippen molar-refractivity contribution in [2.75, 3.05) is 0 Å². The molecule has 1 saturated carbocycles. The third kappa shape index (κ3) is 2.62. The Morgan fingerprint density at radius 3 is 2.65 bits per heavy atom. The predicted molar refractivity (Wildman–Crippen MR) is 88.7 cm³/mol. The minimum absolute atomic E-state index is 0.0316. The first-order valence-electron chi connectivity index (χ1n) is 8.19. The molecule has 5 nitrogen and oxygen atoms in total. The van der Waals surface area contributed by atoms with Crippen LogP contribution in [0.25, 0.3) is 11.0 Å². The summed E-state index contributed by atoms with van der Waals surface area (Å²) in [5.74, 6) is -0.839. The first-order chi connectivity index (χ1) is 12.1. The molecule has 3 heterocycles. The van der Waals surface area contributed by atoms with Crippen molar-refractivity contribution in [2.45, 2.75) is 50.5 Å². The molecule has 9 heteroatoms. The summed E-state index contributed by atoms with van der Waals surface area (Å²) in [4.78, 5) is 7.78. The second-order valence-electron chi connectivity index (χ2n) is 7.08. The van der Waals surface area contributed by atoms with E-state index in [0.29, 0.717) is 6.42 Å². The van der Waals surface area contributed by atoms with Crippen LogP contribution in [0.1, 0.15) is 31.9 Å². The van der Waals surface area contributed by atoms with Gasteiger partial charge in [-0.3, -0.25) is 0 Å². The molecule has 1 aliphatic carbocycles. The van der Waals surface area contributed by atoms with Crippen LogP contribution in [0.4, 0.5) is 13.2 Å². The summed E-state index contributed by atoms with van der Waals surface area (Å²) in [5, 5.41) is -0.418. The van der Waals surface area contributed by atoms with Gasteiger partial charge in [-0.05, 0) is 20.3 Å². The van der Waals surface area contributed by atoms with Crippen molar-refractivity contribution in [3.05, 3.63) is 35.9 Å². The SMILES string of the molecule is C=C[C@H]1C[C@@H](n2cc(C(F)(F)F)c3c(Cl)ncnc32)[C@@H]2OC(C)(C)O[C@@H]21. The quantitative estimate of drug-likeness (QED) is 0.567. The summed E-state index contributed by atoms with van der Waals surface area (Å²) >= 11 is 5.96. The maximum absolute atomic E-state index is 13.5. The number of fused-ring (bicyclic) bond motifs is 2. The van der Waals surface area contributed by atoms with Gasteiger partial charge in [0, 0.05) is 12.1 Å². The molecule has 1 saturated heterocycles. The van der Waals surface area contributed by atoms with Gasteiger partial charge in [0.25, 0.3) is 0 Å². The Labute approximate surface area is 152 Å². The van der Waals surface area contributed by atoms with Crippen molar-refractivity contribution in [1.29, 1.82) is 0 Å². The van der Waals surface area contributed by atoms with Gasteiger partial charge in [0.05, 0.1) is 23.1 Å².